The number of nitrogens with one attached hydrogen (secondary N) is 1. The average Bonchev–Trinajstić information content (AvgIpc) is 2.62. The molecule has 2 amide bonds. The van der Waals surface area contributed by atoms with Crippen LogP contribution in [0.25, 0.3) is 0 Å². The van der Waals surface area contributed by atoms with Crippen molar-refractivity contribution >= 4 is 17.6 Å². The van der Waals surface area contributed by atoms with Gasteiger partial charge < -0.3 is 24.4 Å². The van der Waals surface area contributed by atoms with Gasteiger partial charge in [-0.05, 0) is 31.0 Å². The molecule has 2 heterocycles. The van der Waals surface area contributed by atoms with Gasteiger partial charge in [0, 0.05) is 30.3 Å². The third-order valence-corrected chi connectivity index (χ3v) is 4.73. The molecule has 3 rings (SSSR count). The fourth-order valence-corrected chi connectivity index (χ4v) is 3.46. The van der Waals surface area contributed by atoms with Crippen molar-refractivity contribution in [3.8, 4) is 5.75 Å². The van der Waals surface area contributed by atoms with Crippen LogP contribution in [0.2, 0.25) is 5.02 Å². The number of rotatable bonds is 4. The van der Waals surface area contributed by atoms with Gasteiger partial charge in [0.2, 0.25) is 0 Å². The second-order valence-electron chi connectivity index (χ2n) is 6.40. The van der Waals surface area contributed by atoms with Gasteiger partial charge in [0.1, 0.15) is 11.4 Å². The Balaban J connectivity index is 1.61. The average molecular weight is 391 g/mol. The van der Waals surface area contributed by atoms with Crippen LogP contribution in [-0.4, -0.2) is 56.1 Å². The molecule has 6 nitrogen and oxygen atoms in total. The van der Waals surface area contributed by atoms with Gasteiger partial charge in [-0.2, -0.15) is 8.78 Å². The quantitative estimate of drug-likeness (QED) is 0.858. The number of morpholine rings is 1. The van der Waals surface area contributed by atoms with Gasteiger partial charge in [0.25, 0.3) is 0 Å². The van der Waals surface area contributed by atoms with E-state index >= 15 is 0 Å². The highest BCUT2D eigenvalue weighted by molar-refractivity contribution is 6.30. The summed E-state index contributed by atoms with van der Waals surface area (Å²) in [4.78, 5) is 14.2. The number of hydrogen-bond acceptors (Lipinski definition) is 4. The molecule has 0 aromatic heterocycles. The number of hydrogen-bond donors (Lipinski definition) is 1. The van der Waals surface area contributed by atoms with Crippen LogP contribution in [0.3, 0.4) is 0 Å². The van der Waals surface area contributed by atoms with Gasteiger partial charge in [-0.1, -0.05) is 11.6 Å². The molecule has 1 spiro atoms. The predicted octanol–water partition coefficient (Wildman–Crippen LogP) is 3.03. The Kier molecular flexibility index (Phi) is 6.16. The van der Waals surface area contributed by atoms with Crippen molar-refractivity contribution in [1.82, 2.24) is 10.2 Å². The third-order valence-electron chi connectivity index (χ3n) is 4.49. The molecular formula is C17H21ClF2N2O4. The lowest BCUT2D eigenvalue weighted by atomic mass is 9.94. The smallest absolute Gasteiger partial charge is 0.387 e. The molecule has 144 valence electrons. The van der Waals surface area contributed by atoms with Crippen molar-refractivity contribution in [3.05, 3.63) is 28.8 Å². The van der Waals surface area contributed by atoms with Crippen molar-refractivity contribution < 1.29 is 27.8 Å². The Morgan fingerprint density at radius 3 is 3.00 bits per heavy atom. The minimum absolute atomic E-state index is 0.0103. The summed E-state index contributed by atoms with van der Waals surface area (Å²) in [5.74, 6) is -0.0103. The summed E-state index contributed by atoms with van der Waals surface area (Å²) in [5.41, 5.74) is -0.0662. The van der Waals surface area contributed by atoms with Gasteiger partial charge in [-0.3, -0.25) is 0 Å². The molecule has 1 aromatic rings. The van der Waals surface area contributed by atoms with Crippen LogP contribution in [0.4, 0.5) is 13.6 Å². The Bertz CT molecular complexity index is 636. The molecular weight excluding hydrogens is 370 g/mol. The number of carbonyl (C=O) groups excluding carboxylic acids is 1. The molecule has 0 saturated carbocycles. The van der Waals surface area contributed by atoms with E-state index in [0.717, 1.165) is 12.8 Å². The summed E-state index contributed by atoms with van der Waals surface area (Å²) in [7, 11) is 0. The van der Waals surface area contributed by atoms with Crippen LogP contribution < -0.4 is 10.1 Å². The maximum atomic E-state index is 12.5. The van der Waals surface area contributed by atoms with E-state index in [1.54, 1.807) is 4.90 Å². The van der Waals surface area contributed by atoms with Gasteiger partial charge >= 0.3 is 12.6 Å². The summed E-state index contributed by atoms with van der Waals surface area (Å²) < 4.78 is 40.9. The zero-order chi connectivity index (χ0) is 18.6. The van der Waals surface area contributed by atoms with Crippen molar-refractivity contribution in [3.63, 3.8) is 0 Å². The number of alkyl halides is 2. The number of nitrogens with zero attached hydrogens (tertiary/aromatic N) is 1. The lowest BCUT2D eigenvalue weighted by molar-refractivity contribution is -0.160. The molecule has 1 atom stereocenters. The summed E-state index contributed by atoms with van der Waals surface area (Å²) in [6, 6.07) is 4.02. The van der Waals surface area contributed by atoms with E-state index in [1.165, 1.54) is 18.2 Å². The second kappa shape index (κ2) is 8.37. The van der Waals surface area contributed by atoms with Gasteiger partial charge in [-0.15, -0.1) is 0 Å². The number of urea groups is 1. The Hall–Kier alpha value is -1.64. The Labute approximate surface area is 155 Å². The normalized spacial score (nSPS) is 23.3. The topological polar surface area (TPSA) is 60.0 Å². The first kappa shape index (κ1) is 19.1. The SMILES string of the molecule is O=C(NCc1cc(Cl)ccc1OC(F)F)N1CCOC2(CCCOC2)C1. The van der Waals surface area contributed by atoms with Gasteiger partial charge in [-0.25, -0.2) is 4.79 Å². The number of benzene rings is 1. The van der Waals surface area contributed by atoms with Crippen LogP contribution >= 0.6 is 11.6 Å². The summed E-state index contributed by atoms with van der Waals surface area (Å²) in [6.07, 6.45) is 1.74. The first-order valence-electron chi connectivity index (χ1n) is 8.45. The molecule has 1 N–H and O–H groups in total. The monoisotopic (exact) mass is 390 g/mol. The van der Waals surface area contributed by atoms with E-state index in [2.05, 4.69) is 10.1 Å². The molecule has 1 unspecified atom stereocenters. The number of amides is 2. The van der Waals surface area contributed by atoms with E-state index in [9.17, 15) is 13.6 Å². The molecule has 0 aliphatic carbocycles. The van der Waals surface area contributed by atoms with Crippen LogP contribution in [-0.2, 0) is 16.0 Å². The van der Waals surface area contributed by atoms with E-state index < -0.39 is 12.2 Å². The molecule has 1 aromatic carbocycles. The van der Waals surface area contributed by atoms with E-state index in [4.69, 9.17) is 21.1 Å². The molecule has 2 aliphatic rings. The molecule has 9 heteroatoms. The fraction of sp³-hybridized carbons (Fsp3) is 0.588. The lowest BCUT2D eigenvalue weighted by Gasteiger charge is -2.44. The minimum Gasteiger partial charge on any atom is -0.434 e. The van der Waals surface area contributed by atoms with Crippen LogP contribution in [0.5, 0.6) is 5.75 Å². The Morgan fingerprint density at radius 2 is 2.27 bits per heavy atom. The predicted molar refractivity (Wildman–Crippen MR) is 90.6 cm³/mol. The largest absolute Gasteiger partial charge is 0.434 e. The number of halogens is 3. The van der Waals surface area contributed by atoms with Crippen LogP contribution in [0.1, 0.15) is 18.4 Å². The van der Waals surface area contributed by atoms with Crippen molar-refractivity contribution in [2.24, 2.45) is 0 Å². The van der Waals surface area contributed by atoms with E-state index in [0.29, 0.717) is 43.5 Å². The molecule has 0 bridgehead atoms. The van der Waals surface area contributed by atoms with Gasteiger partial charge in [0.05, 0.1) is 19.8 Å². The van der Waals surface area contributed by atoms with Crippen LogP contribution in [0, 0.1) is 0 Å². The highest BCUT2D eigenvalue weighted by atomic mass is 35.5. The molecule has 26 heavy (non-hydrogen) atoms. The van der Waals surface area contributed by atoms with Gasteiger partial charge in [0.15, 0.2) is 0 Å². The third kappa shape index (κ3) is 4.75. The summed E-state index contributed by atoms with van der Waals surface area (Å²) >= 11 is 5.92. The maximum Gasteiger partial charge on any atom is 0.387 e. The number of carbonyl (C=O) groups is 1. The van der Waals surface area contributed by atoms with Crippen molar-refractivity contribution in [2.45, 2.75) is 31.6 Å². The van der Waals surface area contributed by atoms with E-state index in [-0.39, 0.29) is 18.3 Å². The van der Waals surface area contributed by atoms with Crippen molar-refractivity contribution in [2.75, 3.05) is 32.9 Å². The molecule has 2 aliphatic heterocycles. The van der Waals surface area contributed by atoms with Crippen LogP contribution in [0.15, 0.2) is 18.2 Å². The Morgan fingerprint density at radius 1 is 1.42 bits per heavy atom. The molecule has 2 fully saturated rings. The number of ether oxygens (including phenoxy) is 3. The lowest BCUT2D eigenvalue weighted by Crippen LogP contribution is -2.58. The summed E-state index contributed by atoms with van der Waals surface area (Å²) in [6.45, 7) is -0.402. The minimum atomic E-state index is -2.95. The zero-order valence-corrected chi connectivity index (χ0v) is 14.9. The van der Waals surface area contributed by atoms with Crippen molar-refractivity contribution in [1.29, 1.82) is 0 Å². The first-order valence-corrected chi connectivity index (χ1v) is 8.83. The maximum absolute atomic E-state index is 12.5. The van der Waals surface area contributed by atoms with E-state index in [1.807, 2.05) is 0 Å². The molecule has 2 saturated heterocycles. The second-order valence-corrected chi connectivity index (χ2v) is 6.83. The molecule has 0 radical (unpaired) electrons. The summed E-state index contributed by atoms with van der Waals surface area (Å²) in [5, 5.41) is 3.11. The standard InChI is InChI=1S/C17H21ClF2N2O4/c18-13-2-3-14(26-15(19)20)12(8-13)9-21-16(23)22-5-7-25-17(10-22)4-1-6-24-11-17/h2-3,8,15H,1,4-7,9-11H2,(H,21,23). The highest BCUT2D eigenvalue weighted by Gasteiger charge is 2.40. The fourth-order valence-electron chi connectivity index (χ4n) is 3.26. The highest BCUT2D eigenvalue weighted by Crippen LogP contribution is 2.28. The first-order chi connectivity index (χ1) is 12.5. The zero-order valence-electron chi connectivity index (χ0n) is 14.2.